The molecule has 3 aromatic heterocycles. The van der Waals surface area contributed by atoms with Crippen molar-refractivity contribution in [3.05, 3.63) is 77.5 Å². The summed E-state index contributed by atoms with van der Waals surface area (Å²) in [6.45, 7) is -0.510. The maximum absolute atomic E-state index is 14.6. The quantitative estimate of drug-likeness (QED) is 0.226. The molecular formula is C25H22F7N9O3. The van der Waals surface area contributed by atoms with E-state index in [1.807, 2.05) is 0 Å². The number of pyridine rings is 1. The molecule has 2 amide bonds. The number of carbonyl (C=O) groups is 2. The number of alkyl halides is 7. The third-order valence-corrected chi connectivity index (χ3v) is 5.66. The normalized spacial score (nSPS) is 12.5. The average Bonchev–Trinajstić information content (AvgIpc) is 3.59. The molecule has 3 heterocycles. The van der Waals surface area contributed by atoms with Crippen molar-refractivity contribution in [1.29, 1.82) is 0 Å². The van der Waals surface area contributed by atoms with Crippen LogP contribution in [0.1, 0.15) is 33.9 Å². The molecule has 0 spiro atoms. The fraction of sp³-hybridized carbons (Fsp3) is 0.320. The molecule has 0 fully saturated rings. The molecule has 0 aliphatic carbocycles. The first kappa shape index (κ1) is 31.8. The monoisotopic (exact) mass is 629 g/mol. The maximum Gasteiger partial charge on any atom is 0.573 e. The van der Waals surface area contributed by atoms with Crippen LogP contribution in [0.15, 0.2) is 54.9 Å². The van der Waals surface area contributed by atoms with Crippen molar-refractivity contribution in [1.82, 2.24) is 40.3 Å². The Bertz CT molecular complexity index is 1590. The van der Waals surface area contributed by atoms with E-state index < -0.39 is 42.0 Å². The van der Waals surface area contributed by atoms with Crippen molar-refractivity contribution >= 4 is 17.6 Å². The number of hydrogen-bond donors (Lipinski definition) is 2. The number of amides is 2. The molecule has 0 radical (unpaired) electrons. The highest BCUT2D eigenvalue weighted by Gasteiger charge is 2.32. The van der Waals surface area contributed by atoms with Gasteiger partial charge in [0.05, 0.1) is 37.6 Å². The molecular weight excluding hydrogens is 607 g/mol. The van der Waals surface area contributed by atoms with Crippen LogP contribution in [0, 0.1) is 0 Å². The number of aromatic nitrogens is 7. The highest BCUT2D eigenvalue weighted by atomic mass is 19.4. The summed E-state index contributed by atoms with van der Waals surface area (Å²) < 4.78 is 96.3. The van der Waals surface area contributed by atoms with Crippen LogP contribution >= 0.6 is 0 Å². The van der Waals surface area contributed by atoms with Crippen molar-refractivity contribution in [2.24, 2.45) is 0 Å². The second kappa shape index (κ2) is 13.5. The topological polar surface area (TPSA) is 142 Å². The number of rotatable bonds is 12. The molecule has 0 bridgehead atoms. The van der Waals surface area contributed by atoms with E-state index in [-0.39, 0.29) is 55.2 Å². The van der Waals surface area contributed by atoms with Crippen LogP contribution in [0.25, 0.3) is 0 Å². The van der Waals surface area contributed by atoms with Gasteiger partial charge in [0.15, 0.2) is 11.5 Å². The van der Waals surface area contributed by atoms with Gasteiger partial charge >= 0.3 is 12.5 Å². The van der Waals surface area contributed by atoms with Gasteiger partial charge in [-0.25, -0.2) is 14.1 Å². The van der Waals surface area contributed by atoms with E-state index in [1.54, 1.807) is 0 Å². The Hall–Kier alpha value is -5.10. The van der Waals surface area contributed by atoms with Gasteiger partial charge < -0.3 is 15.4 Å². The second-order valence-electron chi connectivity index (χ2n) is 9.19. The standard InChI is InChI=1S/C25H22F7N9O3/c26-16(7-8-40-13-19(36-38-40)23(43)33-11-17-4-2-6-20(34-17)24(27,28)29)12-41-14-21(37-39-41)35-22(42)10-15-3-1-5-18(9-15)44-25(30,31)32/h1-6,9,13-14,16H,7-8,10-12H2,(H,33,43)(H,35,42). The SMILES string of the molecule is O=C(Cc1cccc(OC(F)(F)F)c1)Nc1cn(CC(F)CCn2cc(C(=O)NCc3cccc(C(F)(F)F)n3)nn2)nn1. The summed E-state index contributed by atoms with van der Waals surface area (Å²) in [5.74, 6) is -1.79. The lowest BCUT2D eigenvalue weighted by Crippen LogP contribution is -2.24. The number of aryl methyl sites for hydroxylation is 1. The Balaban J connectivity index is 1.20. The zero-order chi connectivity index (χ0) is 31.9. The van der Waals surface area contributed by atoms with Crippen molar-refractivity contribution in [2.75, 3.05) is 5.32 Å². The average molecular weight is 629 g/mol. The lowest BCUT2D eigenvalue weighted by atomic mass is 10.1. The molecule has 0 saturated heterocycles. The lowest BCUT2D eigenvalue weighted by molar-refractivity contribution is -0.274. The predicted molar refractivity (Wildman–Crippen MR) is 135 cm³/mol. The molecule has 4 rings (SSSR count). The number of ether oxygens (including phenoxy) is 1. The van der Waals surface area contributed by atoms with Gasteiger partial charge in [-0.2, -0.15) is 13.2 Å². The molecule has 0 aliphatic heterocycles. The molecule has 4 aromatic rings. The van der Waals surface area contributed by atoms with Gasteiger partial charge in [0, 0.05) is 13.0 Å². The molecule has 0 saturated carbocycles. The number of nitrogens with zero attached hydrogens (tertiary/aromatic N) is 7. The third kappa shape index (κ3) is 9.73. The molecule has 12 nitrogen and oxygen atoms in total. The second-order valence-corrected chi connectivity index (χ2v) is 9.19. The Morgan fingerprint density at radius 3 is 2.45 bits per heavy atom. The van der Waals surface area contributed by atoms with Gasteiger partial charge in [-0.15, -0.1) is 23.4 Å². The van der Waals surface area contributed by atoms with E-state index >= 15 is 0 Å². The maximum atomic E-state index is 14.6. The highest BCUT2D eigenvalue weighted by molar-refractivity contribution is 5.92. The fourth-order valence-electron chi connectivity index (χ4n) is 3.75. The zero-order valence-corrected chi connectivity index (χ0v) is 22.3. The highest BCUT2D eigenvalue weighted by Crippen LogP contribution is 2.27. The zero-order valence-electron chi connectivity index (χ0n) is 22.3. The minimum atomic E-state index is -4.87. The summed E-state index contributed by atoms with van der Waals surface area (Å²) in [5, 5.41) is 19.7. The largest absolute Gasteiger partial charge is 0.573 e. The minimum Gasteiger partial charge on any atom is -0.406 e. The smallest absolute Gasteiger partial charge is 0.406 e. The summed E-state index contributed by atoms with van der Waals surface area (Å²) in [6, 6.07) is 8.21. The number of halogens is 7. The van der Waals surface area contributed by atoms with E-state index in [0.29, 0.717) is 0 Å². The van der Waals surface area contributed by atoms with Gasteiger partial charge in [0.1, 0.15) is 17.6 Å². The fourth-order valence-corrected chi connectivity index (χ4v) is 3.75. The molecule has 1 aromatic carbocycles. The Morgan fingerprint density at radius 2 is 1.70 bits per heavy atom. The van der Waals surface area contributed by atoms with E-state index in [4.69, 9.17) is 0 Å². The Labute approximate surface area is 243 Å². The Morgan fingerprint density at radius 1 is 0.955 bits per heavy atom. The number of hydrogen-bond acceptors (Lipinski definition) is 8. The van der Waals surface area contributed by atoms with Crippen LogP contribution in [-0.4, -0.2) is 59.3 Å². The Kier molecular flexibility index (Phi) is 9.74. The van der Waals surface area contributed by atoms with Gasteiger partial charge in [-0.1, -0.05) is 28.6 Å². The van der Waals surface area contributed by atoms with Crippen molar-refractivity contribution < 1.29 is 45.1 Å². The lowest BCUT2D eigenvalue weighted by Gasteiger charge is -2.09. The number of anilines is 1. The summed E-state index contributed by atoms with van der Waals surface area (Å²) in [4.78, 5) is 28.0. The summed E-state index contributed by atoms with van der Waals surface area (Å²) >= 11 is 0. The van der Waals surface area contributed by atoms with Gasteiger partial charge in [0.2, 0.25) is 5.91 Å². The molecule has 2 N–H and O–H groups in total. The molecule has 1 atom stereocenters. The summed E-state index contributed by atoms with van der Waals surface area (Å²) in [7, 11) is 0. The van der Waals surface area contributed by atoms with Crippen LogP contribution in [0.2, 0.25) is 0 Å². The van der Waals surface area contributed by atoms with Gasteiger partial charge in [0.25, 0.3) is 5.91 Å². The molecule has 1 unspecified atom stereocenters. The van der Waals surface area contributed by atoms with Gasteiger partial charge in [-0.3, -0.25) is 14.3 Å². The molecule has 19 heteroatoms. The van der Waals surface area contributed by atoms with E-state index in [2.05, 4.69) is 41.0 Å². The van der Waals surface area contributed by atoms with Crippen molar-refractivity contribution in [2.45, 2.75) is 51.2 Å². The number of carbonyl (C=O) groups excluding carboxylic acids is 2. The first-order chi connectivity index (χ1) is 20.7. The van der Waals surface area contributed by atoms with Gasteiger partial charge in [-0.05, 0) is 29.8 Å². The van der Waals surface area contributed by atoms with E-state index in [9.17, 15) is 40.3 Å². The summed E-state index contributed by atoms with van der Waals surface area (Å²) in [6.07, 6.45) is -8.79. The third-order valence-electron chi connectivity index (χ3n) is 5.66. The number of benzene rings is 1. The number of nitrogens with one attached hydrogen (secondary N) is 2. The van der Waals surface area contributed by atoms with Crippen LogP contribution < -0.4 is 15.4 Å². The molecule has 0 aliphatic rings. The van der Waals surface area contributed by atoms with Crippen LogP contribution in [-0.2, 0) is 37.0 Å². The van der Waals surface area contributed by atoms with Crippen LogP contribution in [0.4, 0.5) is 36.6 Å². The molecule has 44 heavy (non-hydrogen) atoms. The van der Waals surface area contributed by atoms with Crippen molar-refractivity contribution in [3.63, 3.8) is 0 Å². The van der Waals surface area contributed by atoms with E-state index in [1.165, 1.54) is 41.3 Å². The van der Waals surface area contributed by atoms with Crippen molar-refractivity contribution in [3.8, 4) is 5.75 Å². The minimum absolute atomic E-state index is 0.00263. The first-order valence-corrected chi connectivity index (χ1v) is 12.6. The predicted octanol–water partition coefficient (Wildman–Crippen LogP) is 3.72. The van der Waals surface area contributed by atoms with Crippen LogP contribution in [0.5, 0.6) is 5.75 Å². The van der Waals surface area contributed by atoms with E-state index in [0.717, 1.165) is 22.9 Å². The molecule has 234 valence electrons. The first-order valence-electron chi connectivity index (χ1n) is 12.6. The summed E-state index contributed by atoms with van der Waals surface area (Å²) in [5.41, 5.74) is -0.988. The van der Waals surface area contributed by atoms with Crippen LogP contribution in [0.3, 0.4) is 0 Å².